The molecule has 0 aliphatic carbocycles. The van der Waals surface area contributed by atoms with Gasteiger partial charge in [-0.2, -0.15) is 9.61 Å². The maximum Gasteiger partial charge on any atom is 0.292 e. The first kappa shape index (κ1) is 23.2. The van der Waals surface area contributed by atoms with Gasteiger partial charge in [-0.15, -0.1) is 10.2 Å². The summed E-state index contributed by atoms with van der Waals surface area (Å²) in [7, 11) is 0. The minimum atomic E-state index is -0.161. The number of nitrogen functional groups attached to an aromatic ring is 1. The zero-order chi connectivity index (χ0) is 26.7. The topological polar surface area (TPSA) is 177 Å². The molecule has 0 aromatic carbocycles. The number of pyridine rings is 1. The Labute approximate surface area is 221 Å². The molecule has 7 rings (SSSR count). The molecule has 4 N–H and O–H groups in total. The van der Waals surface area contributed by atoms with E-state index < -0.39 is 0 Å². The van der Waals surface area contributed by atoms with Gasteiger partial charge in [0.2, 0.25) is 5.82 Å². The number of nitrogens with zero attached hydrogens (tertiary/aromatic N) is 8. The Morgan fingerprint density at radius 2 is 1.87 bits per heavy atom. The molecule has 2 fully saturated rings. The number of carbonyl (C=O) groups is 2. The molecule has 2 saturated heterocycles. The van der Waals surface area contributed by atoms with Crippen LogP contribution < -0.4 is 5.73 Å². The average Bonchev–Trinajstić information content (AvgIpc) is 3.75. The van der Waals surface area contributed by atoms with Crippen LogP contribution >= 0.6 is 0 Å². The summed E-state index contributed by atoms with van der Waals surface area (Å²) in [6.07, 6.45) is 11.4. The van der Waals surface area contributed by atoms with E-state index in [0.29, 0.717) is 29.7 Å². The zero-order valence-electron chi connectivity index (χ0n) is 21.1. The highest BCUT2D eigenvalue weighted by atomic mass is 16.2. The second-order valence-electron chi connectivity index (χ2n) is 10.1. The molecule has 2 aliphatic rings. The molecule has 0 saturated carbocycles. The maximum atomic E-state index is 13.1. The van der Waals surface area contributed by atoms with Gasteiger partial charge in [-0.3, -0.25) is 14.6 Å². The van der Waals surface area contributed by atoms with E-state index in [1.54, 1.807) is 24.9 Å². The average molecular weight is 524 g/mol. The van der Waals surface area contributed by atoms with Crippen molar-refractivity contribution in [2.24, 2.45) is 0 Å². The van der Waals surface area contributed by atoms with Crippen LogP contribution in [0.4, 0.5) is 5.82 Å². The van der Waals surface area contributed by atoms with Crippen molar-refractivity contribution in [3.63, 3.8) is 0 Å². The summed E-state index contributed by atoms with van der Waals surface area (Å²) < 4.78 is 1.52. The Morgan fingerprint density at radius 1 is 1.05 bits per heavy atom. The number of nitrogens with one attached hydrogen (secondary N) is 2. The van der Waals surface area contributed by atoms with Gasteiger partial charge >= 0.3 is 0 Å². The van der Waals surface area contributed by atoms with Crippen LogP contribution in [0.1, 0.15) is 65.2 Å². The number of imidazole rings is 1. The van der Waals surface area contributed by atoms with Crippen molar-refractivity contribution in [3.8, 4) is 22.5 Å². The van der Waals surface area contributed by atoms with E-state index in [2.05, 4.69) is 35.2 Å². The fourth-order valence-electron chi connectivity index (χ4n) is 6.16. The molecule has 13 heteroatoms. The van der Waals surface area contributed by atoms with Crippen LogP contribution in [0, 0.1) is 0 Å². The highest BCUT2D eigenvalue weighted by molar-refractivity contribution is 6.00. The number of fused-ring (bicyclic) bond motifs is 3. The van der Waals surface area contributed by atoms with Crippen LogP contribution in [0.25, 0.3) is 28.2 Å². The van der Waals surface area contributed by atoms with Gasteiger partial charge in [0.25, 0.3) is 5.91 Å². The summed E-state index contributed by atoms with van der Waals surface area (Å²) in [5, 5.41) is 12.1. The zero-order valence-corrected chi connectivity index (χ0v) is 21.1. The SMILES string of the molecule is CC(=O)c1c([C@H]2C[C@H]3CC[C@@H](C2)N3C(=O)c2nnc[nH]2)nc2c(-c3ccc(-c4c[nH]cn4)nc3)cnn2c1N. The number of piperidine rings is 1. The van der Waals surface area contributed by atoms with Gasteiger partial charge in [-0.1, -0.05) is 6.07 Å². The van der Waals surface area contributed by atoms with Crippen molar-refractivity contribution >= 4 is 23.2 Å². The third-order valence-electron chi connectivity index (χ3n) is 7.87. The number of nitrogens with two attached hydrogens (primary N) is 1. The van der Waals surface area contributed by atoms with E-state index in [1.165, 1.54) is 17.8 Å². The molecule has 13 nitrogen and oxygen atoms in total. The van der Waals surface area contributed by atoms with Gasteiger partial charge in [0.05, 0.1) is 29.5 Å². The molecule has 196 valence electrons. The van der Waals surface area contributed by atoms with Gasteiger partial charge in [-0.05, 0) is 38.7 Å². The number of aromatic amines is 2. The third kappa shape index (κ3) is 3.68. The van der Waals surface area contributed by atoms with Crippen LogP contribution in [0.3, 0.4) is 0 Å². The standard InChI is InChI=1S/C26H25N11O2/c1-13(38)21-22(15-6-16-3-4-17(7-15)36(16)26(39)24-31-12-32-35-24)34-25-18(9-33-37(25)23(21)27)14-2-5-19(29-8-14)20-10-28-11-30-20/h2,5,8-12,15-17H,3-4,6-7,27H2,1H3,(H,28,30)(H,31,32,35)/t15-,16+,17-. The van der Waals surface area contributed by atoms with Gasteiger partial charge in [-0.25, -0.2) is 9.97 Å². The first-order valence-electron chi connectivity index (χ1n) is 12.8. The Balaban J connectivity index is 1.27. The smallest absolute Gasteiger partial charge is 0.292 e. The quantitative estimate of drug-likeness (QED) is 0.292. The molecule has 7 heterocycles. The van der Waals surface area contributed by atoms with E-state index in [-0.39, 0.29) is 41.3 Å². The van der Waals surface area contributed by atoms with E-state index in [4.69, 9.17) is 10.7 Å². The number of aromatic nitrogens is 9. The van der Waals surface area contributed by atoms with Crippen molar-refractivity contribution in [1.82, 2.24) is 49.6 Å². The molecule has 1 amide bonds. The molecular formula is C26H25N11O2. The number of carbonyl (C=O) groups excluding carboxylic acids is 2. The number of ketones is 1. The van der Waals surface area contributed by atoms with Gasteiger partial charge in [0.15, 0.2) is 11.4 Å². The predicted molar refractivity (Wildman–Crippen MR) is 140 cm³/mol. The van der Waals surface area contributed by atoms with Gasteiger partial charge in [0.1, 0.15) is 17.8 Å². The first-order valence-corrected chi connectivity index (χ1v) is 12.8. The molecule has 0 unspecified atom stereocenters. The van der Waals surface area contributed by atoms with E-state index in [9.17, 15) is 9.59 Å². The van der Waals surface area contributed by atoms with Crippen LogP contribution in [0.15, 0.2) is 43.4 Å². The lowest BCUT2D eigenvalue weighted by molar-refractivity contribution is 0.0556. The van der Waals surface area contributed by atoms with Crippen molar-refractivity contribution in [2.75, 3.05) is 5.73 Å². The predicted octanol–water partition coefficient (Wildman–Crippen LogP) is 2.64. The Morgan fingerprint density at radius 3 is 2.51 bits per heavy atom. The molecule has 0 spiro atoms. The number of anilines is 1. The Kier molecular flexibility index (Phi) is 5.25. The molecule has 3 atom stereocenters. The number of rotatable bonds is 5. The van der Waals surface area contributed by atoms with E-state index >= 15 is 0 Å². The van der Waals surface area contributed by atoms with Crippen LogP contribution in [0.2, 0.25) is 0 Å². The summed E-state index contributed by atoms with van der Waals surface area (Å²) in [5.41, 5.74) is 11.3. The second kappa shape index (κ2) is 8.82. The monoisotopic (exact) mass is 523 g/mol. The normalized spacial score (nSPS) is 20.5. The largest absolute Gasteiger partial charge is 0.383 e. The number of H-pyrrole nitrogens is 2. The molecule has 5 aromatic heterocycles. The third-order valence-corrected chi connectivity index (χ3v) is 7.87. The molecule has 2 aliphatic heterocycles. The number of amides is 1. The van der Waals surface area contributed by atoms with Crippen molar-refractivity contribution in [1.29, 1.82) is 0 Å². The fourth-order valence-corrected chi connectivity index (χ4v) is 6.16. The molecule has 39 heavy (non-hydrogen) atoms. The van der Waals surface area contributed by atoms with Crippen LogP contribution in [-0.4, -0.2) is 73.4 Å². The summed E-state index contributed by atoms with van der Waals surface area (Å²) in [6.45, 7) is 1.50. The lowest BCUT2D eigenvalue weighted by Crippen LogP contribution is -2.46. The highest BCUT2D eigenvalue weighted by Crippen LogP contribution is 2.45. The molecule has 5 aromatic rings. The van der Waals surface area contributed by atoms with Crippen LogP contribution in [0.5, 0.6) is 0 Å². The lowest BCUT2D eigenvalue weighted by atomic mass is 9.85. The van der Waals surface area contributed by atoms with Crippen LogP contribution in [-0.2, 0) is 0 Å². The number of Topliss-reactive ketones (excluding diaryl/α,β-unsaturated/α-hetero) is 1. The van der Waals surface area contributed by atoms with Gasteiger partial charge < -0.3 is 20.6 Å². The fraction of sp³-hybridized carbons (Fsp3) is 0.308. The Hall–Kier alpha value is -4.94. The summed E-state index contributed by atoms with van der Waals surface area (Å²) >= 11 is 0. The highest BCUT2D eigenvalue weighted by Gasteiger charge is 2.45. The second-order valence-corrected chi connectivity index (χ2v) is 10.1. The number of hydrogen-bond donors (Lipinski definition) is 3. The van der Waals surface area contributed by atoms with E-state index in [0.717, 1.165) is 35.4 Å². The van der Waals surface area contributed by atoms with E-state index in [1.807, 2.05) is 17.0 Å². The molecular weight excluding hydrogens is 498 g/mol. The minimum absolute atomic E-state index is 0.0218. The minimum Gasteiger partial charge on any atom is -0.383 e. The van der Waals surface area contributed by atoms with Gasteiger partial charge in [0, 0.05) is 41.5 Å². The summed E-state index contributed by atoms with van der Waals surface area (Å²) in [5.74, 6) is 0.177. The maximum absolute atomic E-state index is 13.1. The van der Waals surface area contributed by atoms with Crippen molar-refractivity contribution in [2.45, 2.75) is 50.6 Å². The summed E-state index contributed by atoms with van der Waals surface area (Å²) in [4.78, 5) is 47.5. The Bertz CT molecular complexity index is 1680. The van der Waals surface area contributed by atoms with Crippen molar-refractivity contribution in [3.05, 3.63) is 60.5 Å². The first-order chi connectivity index (χ1) is 19.0. The molecule has 0 radical (unpaired) electrons. The lowest BCUT2D eigenvalue weighted by Gasteiger charge is -2.38. The number of hydrogen-bond acceptors (Lipinski definition) is 9. The van der Waals surface area contributed by atoms with Crippen molar-refractivity contribution < 1.29 is 9.59 Å². The summed E-state index contributed by atoms with van der Waals surface area (Å²) in [6, 6.07) is 3.88. The molecule has 2 bridgehead atoms.